The van der Waals surface area contributed by atoms with E-state index in [0.717, 1.165) is 29.1 Å². The first kappa shape index (κ1) is 14.6. The number of ether oxygens (including phenoxy) is 1. The van der Waals surface area contributed by atoms with Gasteiger partial charge in [-0.2, -0.15) is 0 Å². The van der Waals surface area contributed by atoms with Crippen LogP contribution in [0.4, 0.5) is 0 Å². The number of halogens is 1. The molecule has 0 amide bonds. The van der Waals surface area contributed by atoms with E-state index in [4.69, 9.17) is 16.3 Å². The van der Waals surface area contributed by atoms with E-state index in [1.54, 1.807) is 7.11 Å². The number of benzene rings is 1. The minimum Gasteiger partial charge on any atom is -0.496 e. The third kappa shape index (κ3) is 2.11. The van der Waals surface area contributed by atoms with Gasteiger partial charge in [0.2, 0.25) is 0 Å². The van der Waals surface area contributed by atoms with Crippen LogP contribution < -0.4 is 4.74 Å². The zero-order valence-corrected chi connectivity index (χ0v) is 14.1. The topological polar surface area (TPSA) is 26.3 Å². The van der Waals surface area contributed by atoms with Gasteiger partial charge in [0.05, 0.1) is 7.11 Å². The van der Waals surface area contributed by atoms with Crippen LogP contribution in [-0.2, 0) is 5.41 Å². The third-order valence-electron chi connectivity index (χ3n) is 6.37. The van der Waals surface area contributed by atoms with Crippen molar-refractivity contribution in [1.82, 2.24) is 0 Å². The second-order valence-corrected chi connectivity index (χ2v) is 8.18. The molecular formula is C19H23ClO2. The summed E-state index contributed by atoms with van der Waals surface area (Å²) in [7, 11) is 1.74. The van der Waals surface area contributed by atoms with Gasteiger partial charge in [0.25, 0.3) is 5.24 Å². The zero-order chi connectivity index (χ0) is 15.5. The third-order valence-corrected chi connectivity index (χ3v) is 6.57. The fraction of sp³-hybridized carbons (Fsp3) is 0.632. The van der Waals surface area contributed by atoms with Crippen LogP contribution >= 0.6 is 11.6 Å². The first-order valence-electron chi connectivity index (χ1n) is 8.40. The molecule has 3 heteroatoms. The molecule has 0 aromatic heterocycles. The van der Waals surface area contributed by atoms with Crippen molar-refractivity contribution >= 4 is 16.8 Å². The molecule has 1 aromatic carbocycles. The van der Waals surface area contributed by atoms with Crippen molar-refractivity contribution in [2.45, 2.75) is 50.9 Å². The average molecular weight is 319 g/mol. The monoisotopic (exact) mass is 318 g/mol. The van der Waals surface area contributed by atoms with Crippen molar-refractivity contribution in [1.29, 1.82) is 0 Å². The van der Waals surface area contributed by atoms with Crippen LogP contribution in [0.5, 0.6) is 5.75 Å². The summed E-state index contributed by atoms with van der Waals surface area (Å²) >= 11 is 5.80. The maximum atomic E-state index is 11.8. The van der Waals surface area contributed by atoms with E-state index in [1.807, 2.05) is 19.1 Å². The average Bonchev–Trinajstić information content (AvgIpc) is 2.44. The van der Waals surface area contributed by atoms with E-state index < -0.39 is 0 Å². The van der Waals surface area contributed by atoms with Gasteiger partial charge in [-0.3, -0.25) is 4.79 Å². The molecule has 0 atom stereocenters. The van der Waals surface area contributed by atoms with Crippen molar-refractivity contribution < 1.29 is 9.53 Å². The highest BCUT2D eigenvalue weighted by Crippen LogP contribution is 2.62. The maximum absolute atomic E-state index is 11.8. The standard InChI is InChI=1S/C19H23ClO2/c1-11-3-17(22-2)16(7-15(11)18(20)21)19-8-12-4-13(9-19)6-14(5-12)10-19/h3,7,12-14H,4-6,8-10H2,1-2H3. The lowest BCUT2D eigenvalue weighted by Gasteiger charge is -2.57. The first-order valence-corrected chi connectivity index (χ1v) is 8.77. The van der Waals surface area contributed by atoms with E-state index in [0.29, 0.717) is 5.56 Å². The molecule has 0 spiro atoms. The van der Waals surface area contributed by atoms with Crippen molar-refractivity contribution in [2.75, 3.05) is 7.11 Å². The SMILES string of the molecule is COc1cc(C)c(C(=O)Cl)cc1C12CC3CC(CC(C3)C1)C2. The van der Waals surface area contributed by atoms with Gasteiger partial charge in [0.1, 0.15) is 5.75 Å². The van der Waals surface area contributed by atoms with Crippen molar-refractivity contribution in [3.8, 4) is 5.75 Å². The molecule has 2 nitrogen and oxygen atoms in total. The molecule has 4 bridgehead atoms. The number of hydrogen-bond acceptors (Lipinski definition) is 2. The molecule has 4 aliphatic rings. The van der Waals surface area contributed by atoms with Gasteiger partial charge in [0.15, 0.2) is 0 Å². The summed E-state index contributed by atoms with van der Waals surface area (Å²) in [4.78, 5) is 11.8. The van der Waals surface area contributed by atoms with Gasteiger partial charge in [-0.1, -0.05) is 0 Å². The molecule has 118 valence electrons. The van der Waals surface area contributed by atoms with Crippen LogP contribution in [-0.4, -0.2) is 12.4 Å². The van der Waals surface area contributed by atoms with E-state index in [1.165, 1.54) is 44.1 Å². The molecule has 22 heavy (non-hydrogen) atoms. The Morgan fingerprint density at radius 2 is 1.68 bits per heavy atom. The van der Waals surface area contributed by atoms with Crippen molar-refractivity contribution in [3.63, 3.8) is 0 Å². The number of rotatable bonds is 3. The Balaban J connectivity index is 1.84. The van der Waals surface area contributed by atoms with Crippen LogP contribution in [0.2, 0.25) is 0 Å². The van der Waals surface area contributed by atoms with Gasteiger partial charge < -0.3 is 4.74 Å². The summed E-state index contributed by atoms with van der Waals surface area (Å²) in [5.41, 5.74) is 3.01. The molecule has 1 aromatic rings. The number of carbonyl (C=O) groups excluding carboxylic acids is 1. The summed E-state index contributed by atoms with van der Waals surface area (Å²) in [5.74, 6) is 3.55. The summed E-state index contributed by atoms with van der Waals surface area (Å²) in [6.45, 7) is 1.93. The van der Waals surface area contributed by atoms with E-state index >= 15 is 0 Å². The smallest absolute Gasteiger partial charge is 0.252 e. The molecular weight excluding hydrogens is 296 g/mol. The minimum absolute atomic E-state index is 0.217. The lowest BCUT2D eigenvalue weighted by Crippen LogP contribution is -2.48. The molecule has 0 saturated heterocycles. The van der Waals surface area contributed by atoms with E-state index in [2.05, 4.69) is 0 Å². The Kier molecular flexibility index (Phi) is 3.30. The maximum Gasteiger partial charge on any atom is 0.252 e. The first-order chi connectivity index (χ1) is 10.5. The van der Waals surface area contributed by atoms with Crippen LogP contribution in [0.1, 0.15) is 60.0 Å². The molecule has 0 aliphatic heterocycles. The summed E-state index contributed by atoms with van der Waals surface area (Å²) in [6.07, 6.45) is 8.01. The van der Waals surface area contributed by atoms with Gasteiger partial charge in [-0.05, 0) is 97.9 Å². The Labute approximate surface area is 137 Å². The Morgan fingerprint density at radius 1 is 1.14 bits per heavy atom. The normalized spacial score (nSPS) is 35.7. The fourth-order valence-electron chi connectivity index (χ4n) is 5.92. The highest BCUT2D eigenvalue weighted by Gasteiger charge is 2.52. The number of methoxy groups -OCH3 is 1. The van der Waals surface area contributed by atoms with Gasteiger partial charge in [-0.15, -0.1) is 0 Å². The van der Waals surface area contributed by atoms with Crippen LogP contribution in [0.25, 0.3) is 0 Å². The molecule has 0 heterocycles. The van der Waals surface area contributed by atoms with Crippen LogP contribution in [0, 0.1) is 24.7 Å². The molecule has 4 saturated carbocycles. The number of hydrogen-bond donors (Lipinski definition) is 0. The zero-order valence-electron chi connectivity index (χ0n) is 13.3. The molecule has 4 fully saturated rings. The largest absolute Gasteiger partial charge is 0.496 e. The summed E-state index contributed by atoms with van der Waals surface area (Å²) in [5, 5.41) is -0.355. The van der Waals surface area contributed by atoms with Crippen LogP contribution in [0.3, 0.4) is 0 Å². The predicted octanol–water partition coefficient (Wildman–Crippen LogP) is 4.85. The van der Waals surface area contributed by atoms with Gasteiger partial charge in [0, 0.05) is 11.1 Å². The Morgan fingerprint density at radius 3 is 2.14 bits per heavy atom. The van der Waals surface area contributed by atoms with Gasteiger partial charge >= 0.3 is 0 Å². The molecule has 0 N–H and O–H groups in total. The van der Waals surface area contributed by atoms with Crippen LogP contribution in [0.15, 0.2) is 12.1 Å². The van der Waals surface area contributed by atoms with Gasteiger partial charge in [-0.25, -0.2) is 0 Å². The quantitative estimate of drug-likeness (QED) is 0.745. The summed E-state index contributed by atoms with van der Waals surface area (Å²) in [6, 6.07) is 4.04. The lowest BCUT2D eigenvalue weighted by molar-refractivity contribution is -0.00617. The Bertz CT molecular complexity index is 599. The minimum atomic E-state index is -0.355. The van der Waals surface area contributed by atoms with E-state index in [9.17, 15) is 4.79 Å². The highest BCUT2D eigenvalue weighted by molar-refractivity contribution is 6.67. The second kappa shape index (κ2) is 4.99. The summed E-state index contributed by atoms with van der Waals surface area (Å²) < 4.78 is 5.70. The van der Waals surface area contributed by atoms with Crippen molar-refractivity contribution in [2.24, 2.45) is 17.8 Å². The number of aryl methyl sites for hydroxylation is 1. The van der Waals surface area contributed by atoms with Crippen molar-refractivity contribution in [3.05, 3.63) is 28.8 Å². The van der Waals surface area contributed by atoms with E-state index in [-0.39, 0.29) is 10.7 Å². The molecule has 0 unspecified atom stereocenters. The highest BCUT2D eigenvalue weighted by atomic mass is 35.5. The molecule has 4 aliphatic carbocycles. The predicted molar refractivity (Wildman–Crippen MR) is 87.8 cm³/mol. The Hall–Kier alpha value is -1.02. The molecule has 0 radical (unpaired) electrons. The lowest BCUT2D eigenvalue weighted by atomic mass is 9.48. The number of carbonyl (C=O) groups is 1. The molecule has 5 rings (SSSR count). The fourth-order valence-corrected chi connectivity index (χ4v) is 6.12. The second-order valence-electron chi connectivity index (χ2n) is 7.84.